The second-order valence-corrected chi connectivity index (χ2v) is 5.32. The number of hydrogen-bond acceptors (Lipinski definition) is 4. The summed E-state index contributed by atoms with van der Waals surface area (Å²) in [6, 6.07) is 2.58. The molecule has 1 N–H and O–H groups in total. The van der Waals surface area contributed by atoms with E-state index in [2.05, 4.69) is 20.5 Å². The highest BCUT2D eigenvalue weighted by atomic mass is 15.2. The highest BCUT2D eigenvalue weighted by Gasteiger charge is 2.45. The minimum absolute atomic E-state index is 0.607. The molecular formula is C12H15N5. The molecular weight excluding hydrogens is 214 g/mol. The van der Waals surface area contributed by atoms with Gasteiger partial charge in [-0.1, -0.05) is 0 Å². The molecule has 88 valence electrons. The van der Waals surface area contributed by atoms with Crippen molar-refractivity contribution >= 4 is 11.5 Å². The van der Waals surface area contributed by atoms with Crippen LogP contribution < -0.4 is 5.32 Å². The predicted molar refractivity (Wildman–Crippen MR) is 63.8 cm³/mol. The average molecular weight is 229 g/mol. The number of aromatic nitrogens is 4. The Morgan fingerprint density at radius 1 is 1.29 bits per heavy atom. The lowest BCUT2D eigenvalue weighted by atomic mass is 10.1. The summed E-state index contributed by atoms with van der Waals surface area (Å²) in [5, 5.41) is 11.5. The Balaban J connectivity index is 1.62. The molecule has 0 aromatic carbocycles. The van der Waals surface area contributed by atoms with E-state index in [1.165, 1.54) is 19.3 Å². The summed E-state index contributed by atoms with van der Waals surface area (Å²) < 4.78 is 1.90. The average Bonchev–Trinajstić information content (AvgIpc) is 2.76. The smallest absolute Gasteiger partial charge is 0.165 e. The Bertz CT molecular complexity index is 565. The monoisotopic (exact) mass is 229 g/mol. The zero-order chi connectivity index (χ0) is 11.4. The van der Waals surface area contributed by atoms with Gasteiger partial charge in [-0.25, -0.2) is 4.98 Å². The zero-order valence-corrected chi connectivity index (χ0v) is 9.80. The summed E-state index contributed by atoms with van der Waals surface area (Å²) in [6.45, 7) is 1.98. The van der Waals surface area contributed by atoms with E-state index in [9.17, 15) is 0 Å². The topological polar surface area (TPSA) is 55.1 Å². The van der Waals surface area contributed by atoms with Crippen LogP contribution >= 0.6 is 0 Å². The van der Waals surface area contributed by atoms with Crippen molar-refractivity contribution in [3.63, 3.8) is 0 Å². The molecule has 2 heterocycles. The van der Waals surface area contributed by atoms with Crippen molar-refractivity contribution in [1.29, 1.82) is 0 Å². The Labute approximate surface area is 99.3 Å². The summed E-state index contributed by atoms with van der Waals surface area (Å²) in [6.07, 6.45) is 5.77. The molecule has 5 nitrogen and oxygen atoms in total. The molecule has 2 aliphatic rings. The maximum absolute atomic E-state index is 4.55. The first-order chi connectivity index (χ1) is 8.29. The first-order valence-corrected chi connectivity index (χ1v) is 6.23. The molecule has 2 unspecified atom stereocenters. The van der Waals surface area contributed by atoms with E-state index in [-0.39, 0.29) is 0 Å². The molecule has 5 heteroatoms. The third-order valence-electron chi connectivity index (χ3n) is 4.07. The van der Waals surface area contributed by atoms with E-state index in [1.807, 2.05) is 17.4 Å². The number of nitrogens with zero attached hydrogens (tertiary/aromatic N) is 4. The minimum atomic E-state index is 0.607. The fourth-order valence-electron chi connectivity index (χ4n) is 3.09. The second kappa shape index (κ2) is 3.18. The minimum Gasteiger partial charge on any atom is -0.367 e. The first-order valence-electron chi connectivity index (χ1n) is 6.23. The van der Waals surface area contributed by atoms with Gasteiger partial charge < -0.3 is 5.32 Å². The van der Waals surface area contributed by atoms with Crippen LogP contribution in [0.25, 0.3) is 5.65 Å². The van der Waals surface area contributed by atoms with Gasteiger partial charge in [-0.3, -0.25) is 4.40 Å². The van der Waals surface area contributed by atoms with Crippen molar-refractivity contribution in [2.24, 2.45) is 11.8 Å². The Morgan fingerprint density at radius 2 is 2.12 bits per heavy atom. The molecule has 2 fully saturated rings. The van der Waals surface area contributed by atoms with Crippen LogP contribution in [0.4, 0.5) is 5.82 Å². The van der Waals surface area contributed by atoms with Crippen molar-refractivity contribution in [3.05, 3.63) is 18.2 Å². The SMILES string of the molecule is Cc1nc(NC2CC3CC3C2)cc2nncn12. The number of nitrogens with one attached hydrogen (secondary N) is 1. The lowest BCUT2D eigenvalue weighted by Crippen LogP contribution is -2.18. The van der Waals surface area contributed by atoms with Crippen molar-refractivity contribution in [2.75, 3.05) is 5.32 Å². The highest BCUT2D eigenvalue weighted by Crippen LogP contribution is 2.52. The quantitative estimate of drug-likeness (QED) is 0.850. The molecule has 2 aliphatic carbocycles. The number of hydrogen-bond donors (Lipinski definition) is 1. The van der Waals surface area contributed by atoms with E-state index < -0.39 is 0 Å². The fourth-order valence-corrected chi connectivity index (χ4v) is 3.09. The molecule has 2 atom stereocenters. The Hall–Kier alpha value is -1.65. The van der Waals surface area contributed by atoms with Crippen molar-refractivity contribution in [3.8, 4) is 0 Å². The van der Waals surface area contributed by atoms with E-state index in [0.717, 1.165) is 29.1 Å². The fraction of sp³-hybridized carbons (Fsp3) is 0.583. The molecule has 0 saturated heterocycles. The number of fused-ring (bicyclic) bond motifs is 2. The van der Waals surface area contributed by atoms with Crippen LogP contribution in [0.15, 0.2) is 12.4 Å². The molecule has 0 amide bonds. The van der Waals surface area contributed by atoms with Gasteiger partial charge >= 0.3 is 0 Å². The first kappa shape index (κ1) is 9.39. The summed E-state index contributed by atoms with van der Waals surface area (Å²) in [5.41, 5.74) is 0.864. The van der Waals surface area contributed by atoms with Gasteiger partial charge in [0, 0.05) is 12.1 Å². The Morgan fingerprint density at radius 3 is 2.94 bits per heavy atom. The molecule has 17 heavy (non-hydrogen) atoms. The zero-order valence-electron chi connectivity index (χ0n) is 9.80. The van der Waals surface area contributed by atoms with Crippen LogP contribution in [0.2, 0.25) is 0 Å². The van der Waals surface area contributed by atoms with Gasteiger partial charge in [-0.05, 0) is 38.0 Å². The van der Waals surface area contributed by atoms with Crippen LogP contribution in [0.3, 0.4) is 0 Å². The van der Waals surface area contributed by atoms with Crippen molar-refractivity contribution in [1.82, 2.24) is 19.6 Å². The van der Waals surface area contributed by atoms with Gasteiger partial charge in [0.1, 0.15) is 18.0 Å². The third-order valence-corrected chi connectivity index (χ3v) is 4.07. The molecule has 0 bridgehead atoms. The number of aryl methyl sites for hydroxylation is 1. The molecule has 2 aromatic rings. The van der Waals surface area contributed by atoms with Gasteiger partial charge in [-0.15, -0.1) is 10.2 Å². The lowest BCUT2D eigenvalue weighted by molar-refractivity contribution is 0.648. The van der Waals surface area contributed by atoms with Crippen molar-refractivity contribution in [2.45, 2.75) is 32.2 Å². The maximum atomic E-state index is 4.55. The summed E-state index contributed by atoms with van der Waals surface area (Å²) in [7, 11) is 0. The summed E-state index contributed by atoms with van der Waals surface area (Å²) in [5.74, 6) is 3.85. The largest absolute Gasteiger partial charge is 0.367 e. The lowest BCUT2D eigenvalue weighted by Gasteiger charge is -2.15. The van der Waals surface area contributed by atoms with Gasteiger partial charge in [-0.2, -0.15) is 0 Å². The predicted octanol–water partition coefficient (Wildman–Crippen LogP) is 1.64. The summed E-state index contributed by atoms with van der Waals surface area (Å²) in [4.78, 5) is 4.55. The molecule has 2 saturated carbocycles. The molecule has 0 spiro atoms. The second-order valence-electron chi connectivity index (χ2n) is 5.32. The highest BCUT2D eigenvalue weighted by molar-refractivity contribution is 5.50. The molecule has 4 rings (SSSR count). The van der Waals surface area contributed by atoms with Crippen LogP contribution in [0.1, 0.15) is 25.1 Å². The van der Waals surface area contributed by atoms with E-state index in [0.29, 0.717) is 6.04 Å². The van der Waals surface area contributed by atoms with E-state index in [4.69, 9.17) is 0 Å². The number of rotatable bonds is 2. The van der Waals surface area contributed by atoms with Gasteiger partial charge in [0.25, 0.3) is 0 Å². The van der Waals surface area contributed by atoms with E-state index in [1.54, 1.807) is 6.33 Å². The van der Waals surface area contributed by atoms with Crippen LogP contribution in [-0.2, 0) is 0 Å². The van der Waals surface area contributed by atoms with Gasteiger partial charge in [0.2, 0.25) is 0 Å². The Kier molecular flexibility index (Phi) is 1.76. The third kappa shape index (κ3) is 1.49. The maximum Gasteiger partial charge on any atom is 0.165 e. The number of anilines is 1. The van der Waals surface area contributed by atoms with Crippen LogP contribution in [-0.4, -0.2) is 25.6 Å². The van der Waals surface area contributed by atoms with Crippen LogP contribution in [0, 0.1) is 18.8 Å². The molecule has 2 aromatic heterocycles. The summed E-state index contributed by atoms with van der Waals surface area (Å²) >= 11 is 0. The van der Waals surface area contributed by atoms with Crippen molar-refractivity contribution < 1.29 is 0 Å². The van der Waals surface area contributed by atoms with E-state index >= 15 is 0 Å². The molecule has 0 aliphatic heterocycles. The standard InChI is InChI=1S/C12H15N5/c1-7-14-11(5-12-16-13-6-17(7)12)15-10-3-8-2-9(8)4-10/h5-6,8-10,15H,2-4H2,1H3. The van der Waals surface area contributed by atoms with Gasteiger partial charge in [0.05, 0.1) is 0 Å². The molecule has 0 radical (unpaired) electrons. The normalized spacial score (nSPS) is 30.5. The van der Waals surface area contributed by atoms with Crippen LogP contribution in [0.5, 0.6) is 0 Å². The van der Waals surface area contributed by atoms with Gasteiger partial charge in [0.15, 0.2) is 5.65 Å².